The number of carbonyl (C=O) groups excluding carboxylic acids is 1. The predicted octanol–water partition coefficient (Wildman–Crippen LogP) is 1.31. The van der Waals surface area contributed by atoms with Gasteiger partial charge in [0.2, 0.25) is 0 Å². The second kappa shape index (κ2) is 5.40. The summed E-state index contributed by atoms with van der Waals surface area (Å²) in [6, 6.07) is 3.10. The first-order chi connectivity index (χ1) is 8.61. The van der Waals surface area contributed by atoms with Crippen LogP contribution in [-0.2, 0) is 28.8 Å². The van der Waals surface area contributed by atoms with E-state index in [1.165, 1.54) is 12.7 Å². The number of ether oxygens (including phenoxy) is 1. The fourth-order valence-electron chi connectivity index (χ4n) is 2.52. The van der Waals surface area contributed by atoms with Crippen molar-refractivity contribution in [3.05, 3.63) is 28.8 Å². The minimum absolute atomic E-state index is 0.333. The molecule has 0 saturated carbocycles. The quantitative estimate of drug-likeness (QED) is 0.792. The SMILES string of the molecule is COC(=O)[C@@H](N)Cc1cc(O)c2c(c1)CCCC2. The second-order valence-electron chi connectivity index (χ2n) is 4.79. The third kappa shape index (κ3) is 2.64. The summed E-state index contributed by atoms with van der Waals surface area (Å²) >= 11 is 0. The molecule has 0 bridgehead atoms. The molecule has 0 saturated heterocycles. The van der Waals surface area contributed by atoms with Gasteiger partial charge in [0.05, 0.1) is 7.11 Å². The first kappa shape index (κ1) is 12.9. The summed E-state index contributed by atoms with van der Waals surface area (Å²) < 4.78 is 4.60. The molecule has 0 spiro atoms. The molecule has 98 valence electrons. The average molecular weight is 249 g/mol. The highest BCUT2D eigenvalue weighted by Crippen LogP contribution is 2.30. The Morgan fingerprint density at radius 2 is 2.17 bits per heavy atom. The number of methoxy groups -OCH3 is 1. The van der Waals surface area contributed by atoms with E-state index < -0.39 is 12.0 Å². The number of aromatic hydroxyl groups is 1. The number of esters is 1. The Bertz CT molecular complexity index is 457. The third-order valence-electron chi connectivity index (χ3n) is 3.46. The minimum Gasteiger partial charge on any atom is -0.508 e. The first-order valence-corrected chi connectivity index (χ1v) is 6.29. The van der Waals surface area contributed by atoms with Crippen molar-refractivity contribution in [1.82, 2.24) is 0 Å². The summed E-state index contributed by atoms with van der Waals surface area (Å²) in [5.41, 5.74) is 8.86. The summed E-state index contributed by atoms with van der Waals surface area (Å²) in [7, 11) is 1.33. The molecule has 0 radical (unpaired) electrons. The lowest BCUT2D eigenvalue weighted by Gasteiger charge is -2.19. The number of carbonyl (C=O) groups is 1. The Hall–Kier alpha value is -1.55. The number of rotatable bonds is 3. The van der Waals surface area contributed by atoms with Crippen molar-refractivity contribution in [3.8, 4) is 5.75 Å². The van der Waals surface area contributed by atoms with Crippen molar-refractivity contribution in [2.45, 2.75) is 38.1 Å². The molecular weight excluding hydrogens is 230 g/mol. The van der Waals surface area contributed by atoms with Crippen molar-refractivity contribution in [1.29, 1.82) is 0 Å². The van der Waals surface area contributed by atoms with Crippen LogP contribution in [0.4, 0.5) is 0 Å². The van der Waals surface area contributed by atoms with Gasteiger partial charge in [0.15, 0.2) is 0 Å². The van der Waals surface area contributed by atoms with Crippen molar-refractivity contribution in [2.75, 3.05) is 7.11 Å². The van der Waals surface area contributed by atoms with E-state index >= 15 is 0 Å². The van der Waals surface area contributed by atoms with E-state index in [0.29, 0.717) is 12.2 Å². The van der Waals surface area contributed by atoms with Crippen LogP contribution in [0, 0.1) is 0 Å². The zero-order valence-electron chi connectivity index (χ0n) is 10.6. The van der Waals surface area contributed by atoms with E-state index in [-0.39, 0.29) is 0 Å². The van der Waals surface area contributed by atoms with Crippen LogP contribution in [0.25, 0.3) is 0 Å². The normalized spacial score (nSPS) is 15.9. The lowest BCUT2D eigenvalue weighted by Crippen LogP contribution is -2.33. The standard InChI is InChI=1S/C14H19NO3/c1-18-14(17)12(15)7-9-6-10-4-2-3-5-11(10)13(16)8-9/h6,8,12,16H,2-5,7,15H2,1H3/t12-/m0/s1. The average Bonchev–Trinajstić information content (AvgIpc) is 2.37. The largest absolute Gasteiger partial charge is 0.508 e. The zero-order valence-corrected chi connectivity index (χ0v) is 10.6. The Kier molecular flexibility index (Phi) is 3.87. The number of hydrogen-bond donors (Lipinski definition) is 2. The molecule has 0 aliphatic heterocycles. The molecule has 0 heterocycles. The van der Waals surface area contributed by atoms with Crippen molar-refractivity contribution < 1.29 is 14.6 Å². The number of hydrogen-bond acceptors (Lipinski definition) is 4. The molecule has 4 nitrogen and oxygen atoms in total. The molecule has 18 heavy (non-hydrogen) atoms. The maximum absolute atomic E-state index is 11.3. The Balaban J connectivity index is 2.19. The molecule has 1 atom stereocenters. The maximum atomic E-state index is 11.3. The Morgan fingerprint density at radius 3 is 2.89 bits per heavy atom. The highest BCUT2D eigenvalue weighted by Gasteiger charge is 2.18. The van der Waals surface area contributed by atoms with E-state index in [9.17, 15) is 9.90 Å². The molecule has 4 heteroatoms. The van der Waals surface area contributed by atoms with Gasteiger partial charge in [-0.2, -0.15) is 0 Å². The number of phenols is 1. The Labute approximate surface area is 107 Å². The van der Waals surface area contributed by atoms with E-state index in [4.69, 9.17) is 5.73 Å². The molecule has 1 aromatic rings. The first-order valence-electron chi connectivity index (χ1n) is 6.29. The highest BCUT2D eigenvalue weighted by atomic mass is 16.5. The summed E-state index contributed by atoms with van der Waals surface area (Å²) in [6.07, 6.45) is 4.60. The van der Waals surface area contributed by atoms with Crippen LogP contribution < -0.4 is 5.73 Å². The van der Waals surface area contributed by atoms with Gasteiger partial charge in [0.1, 0.15) is 11.8 Å². The fraction of sp³-hybridized carbons (Fsp3) is 0.500. The van der Waals surface area contributed by atoms with Gasteiger partial charge in [-0.15, -0.1) is 0 Å². The van der Waals surface area contributed by atoms with Gasteiger partial charge >= 0.3 is 5.97 Å². The smallest absolute Gasteiger partial charge is 0.322 e. The van der Waals surface area contributed by atoms with Crippen LogP contribution >= 0.6 is 0 Å². The minimum atomic E-state index is -0.670. The number of phenolic OH excluding ortho intramolecular Hbond substituents is 1. The number of aryl methyl sites for hydroxylation is 1. The molecule has 2 rings (SSSR count). The van der Waals surface area contributed by atoms with E-state index in [0.717, 1.165) is 36.8 Å². The number of benzene rings is 1. The molecule has 3 N–H and O–H groups in total. The van der Waals surface area contributed by atoms with Crippen LogP contribution in [0.15, 0.2) is 12.1 Å². The lowest BCUT2D eigenvalue weighted by molar-refractivity contribution is -0.142. The molecule has 0 amide bonds. The van der Waals surface area contributed by atoms with Gasteiger partial charge in [0.25, 0.3) is 0 Å². The molecule has 0 unspecified atom stereocenters. The molecule has 1 aliphatic rings. The van der Waals surface area contributed by atoms with E-state index in [1.807, 2.05) is 0 Å². The lowest BCUT2D eigenvalue weighted by atomic mass is 9.88. The van der Waals surface area contributed by atoms with Crippen LogP contribution in [0.1, 0.15) is 29.5 Å². The summed E-state index contributed by atoms with van der Waals surface area (Å²) in [5, 5.41) is 9.99. The molecular formula is C14H19NO3. The number of fused-ring (bicyclic) bond motifs is 1. The highest BCUT2D eigenvalue weighted by molar-refractivity contribution is 5.75. The summed E-state index contributed by atoms with van der Waals surface area (Å²) in [6.45, 7) is 0. The zero-order chi connectivity index (χ0) is 13.1. The molecule has 1 aromatic carbocycles. The van der Waals surface area contributed by atoms with Gasteiger partial charge in [-0.25, -0.2) is 0 Å². The third-order valence-corrected chi connectivity index (χ3v) is 3.46. The monoisotopic (exact) mass is 249 g/mol. The number of nitrogens with two attached hydrogens (primary N) is 1. The van der Waals surface area contributed by atoms with Crippen molar-refractivity contribution in [3.63, 3.8) is 0 Å². The topological polar surface area (TPSA) is 72.5 Å². The molecule has 0 aromatic heterocycles. The van der Waals surface area contributed by atoms with Crippen LogP contribution in [0.3, 0.4) is 0 Å². The van der Waals surface area contributed by atoms with Gasteiger partial charge in [-0.3, -0.25) is 4.79 Å². The maximum Gasteiger partial charge on any atom is 0.322 e. The van der Waals surface area contributed by atoms with Gasteiger partial charge in [-0.05, 0) is 54.9 Å². The fourth-order valence-corrected chi connectivity index (χ4v) is 2.52. The summed E-state index contributed by atoms with van der Waals surface area (Å²) in [5.74, 6) is -0.0912. The van der Waals surface area contributed by atoms with E-state index in [2.05, 4.69) is 10.8 Å². The predicted molar refractivity (Wildman–Crippen MR) is 68.4 cm³/mol. The van der Waals surface area contributed by atoms with Crippen LogP contribution in [-0.4, -0.2) is 24.2 Å². The Morgan fingerprint density at radius 1 is 1.44 bits per heavy atom. The molecule has 0 fully saturated rings. The van der Waals surface area contributed by atoms with Gasteiger partial charge in [0, 0.05) is 0 Å². The second-order valence-corrected chi connectivity index (χ2v) is 4.79. The molecule has 1 aliphatic carbocycles. The van der Waals surface area contributed by atoms with Gasteiger partial charge < -0.3 is 15.6 Å². The summed E-state index contributed by atoms with van der Waals surface area (Å²) in [4.78, 5) is 11.3. The van der Waals surface area contributed by atoms with Crippen molar-refractivity contribution >= 4 is 5.97 Å². The van der Waals surface area contributed by atoms with Gasteiger partial charge in [-0.1, -0.05) is 6.07 Å². The van der Waals surface area contributed by atoms with Crippen LogP contribution in [0.5, 0.6) is 5.75 Å². The van der Waals surface area contributed by atoms with Crippen molar-refractivity contribution in [2.24, 2.45) is 5.73 Å². The van der Waals surface area contributed by atoms with Crippen LogP contribution in [0.2, 0.25) is 0 Å². The van der Waals surface area contributed by atoms with E-state index in [1.54, 1.807) is 6.07 Å².